The predicted octanol–water partition coefficient (Wildman–Crippen LogP) is 4.01. The van der Waals surface area contributed by atoms with Crippen LogP contribution in [0.25, 0.3) is 11.0 Å². The number of likely N-dealkylation sites (tertiary alicyclic amines) is 1. The number of nitrogens with one attached hydrogen (secondary N) is 1. The fraction of sp³-hybridized carbons (Fsp3) is 0.476. The highest BCUT2D eigenvalue weighted by molar-refractivity contribution is 5.74. The molecule has 158 valence electrons. The lowest BCUT2D eigenvalue weighted by Gasteiger charge is -2.39. The number of anilines is 1. The van der Waals surface area contributed by atoms with Crippen LogP contribution in [0.2, 0.25) is 0 Å². The lowest BCUT2D eigenvalue weighted by molar-refractivity contribution is -0.141. The number of imidazole rings is 1. The number of H-pyrrole nitrogens is 1. The zero-order valence-corrected chi connectivity index (χ0v) is 16.4. The summed E-state index contributed by atoms with van der Waals surface area (Å²) < 4.78 is 39.3. The summed E-state index contributed by atoms with van der Waals surface area (Å²) in [5, 5.41) is 0. The zero-order chi connectivity index (χ0) is 20.7. The van der Waals surface area contributed by atoms with Crippen LogP contribution >= 0.6 is 0 Å². The lowest BCUT2D eigenvalue weighted by atomic mass is 10.0. The van der Waals surface area contributed by atoms with E-state index in [0.717, 1.165) is 74.6 Å². The molecule has 2 aliphatic rings. The first-order chi connectivity index (χ1) is 14.5. The average molecular weight is 416 g/mol. The van der Waals surface area contributed by atoms with E-state index in [4.69, 9.17) is 0 Å². The van der Waals surface area contributed by atoms with Gasteiger partial charge in [-0.15, -0.1) is 0 Å². The number of aromatic amines is 1. The van der Waals surface area contributed by atoms with Crippen molar-refractivity contribution in [1.29, 1.82) is 0 Å². The van der Waals surface area contributed by atoms with Crippen molar-refractivity contribution < 1.29 is 13.2 Å². The molecule has 1 saturated heterocycles. The van der Waals surface area contributed by atoms with Gasteiger partial charge in [-0.2, -0.15) is 13.2 Å². The SMILES string of the molecule is FC(F)(F)c1cc(N(C2CC2)C2CCN(Cc3nc4ccccc4[nH]3)CC2)ncn1. The molecule has 1 N–H and O–H groups in total. The van der Waals surface area contributed by atoms with E-state index in [9.17, 15) is 13.2 Å². The maximum Gasteiger partial charge on any atom is 0.433 e. The topological polar surface area (TPSA) is 60.9 Å². The monoisotopic (exact) mass is 416 g/mol. The van der Waals surface area contributed by atoms with Crippen LogP contribution in [0.15, 0.2) is 36.7 Å². The molecule has 1 aromatic carbocycles. The summed E-state index contributed by atoms with van der Waals surface area (Å²) in [6.07, 6.45) is 0.367. The Hall–Kier alpha value is -2.68. The number of piperidine rings is 1. The van der Waals surface area contributed by atoms with Crippen molar-refractivity contribution in [3.05, 3.63) is 48.2 Å². The van der Waals surface area contributed by atoms with Crippen molar-refractivity contribution in [3.63, 3.8) is 0 Å². The highest BCUT2D eigenvalue weighted by Crippen LogP contribution is 2.37. The fourth-order valence-corrected chi connectivity index (χ4v) is 4.32. The Labute approximate surface area is 172 Å². The summed E-state index contributed by atoms with van der Waals surface area (Å²) in [7, 11) is 0. The molecule has 1 aliphatic heterocycles. The number of hydrogen-bond donors (Lipinski definition) is 1. The van der Waals surface area contributed by atoms with Gasteiger partial charge in [0, 0.05) is 31.2 Å². The van der Waals surface area contributed by atoms with Gasteiger partial charge in [-0.05, 0) is 37.8 Å². The minimum absolute atomic E-state index is 0.195. The van der Waals surface area contributed by atoms with Crippen molar-refractivity contribution in [2.24, 2.45) is 0 Å². The Balaban J connectivity index is 1.26. The maximum absolute atomic E-state index is 13.1. The van der Waals surface area contributed by atoms with Crippen LogP contribution in [0.4, 0.5) is 19.0 Å². The molecule has 0 spiro atoms. The van der Waals surface area contributed by atoms with E-state index in [0.29, 0.717) is 5.82 Å². The maximum atomic E-state index is 13.1. The molecule has 2 aromatic heterocycles. The third-order valence-corrected chi connectivity index (χ3v) is 5.91. The fourth-order valence-electron chi connectivity index (χ4n) is 4.32. The zero-order valence-electron chi connectivity index (χ0n) is 16.4. The summed E-state index contributed by atoms with van der Waals surface area (Å²) in [5.41, 5.74) is 1.12. The van der Waals surface area contributed by atoms with Gasteiger partial charge in [0.2, 0.25) is 0 Å². The van der Waals surface area contributed by atoms with Gasteiger partial charge >= 0.3 is 6.18 Å². The van der Waals surface area contributed by atoms with E-state index in [1.807, 2.05) is 24.3 Å². The second-order valence-electron chi connectivity index (χ2n) is 8.11. The molecule has 0 amide bonds. The van der Waals surface area contributed by atoms with Gasteiger partial charge in [0.25, 0.3) is 0 Å². The van der Waals surface area contributed by atoms with Crippen molar-refractivity contribution >= 4 is 16.9 Å². The molecule has 0 atom stereocenters. The van der Waals surface area contributed by atoms with Crippen LogP contribution in [-0.2, 0) is 12.7 Å². The highest BCUT2D eigenvalue weighted by atomic mass is 19.4. The summed E-state index contributed by atoms with van der Waals surface area (Å²) in [6, 6.07) is 9.54. The van der Waals surface area contributed by atoms with Gasteiger partial charge in [0.15, 0.2) is 0 Å². The van der Waals surface area contributed by atoms with Crippen LogP contribution in [0.1, 0.15) is 37.2 Å². The number of halogens is 3. The molecule has 0 unspecified atom stereocenters. The molecular formula is C21H23F3N6. The number of alkyl halides is 3. The number of hydrogen-bond acceptors (Lipinski definition) is 5. The highest BCUT2D eigenvalue weighted by Gasteiger charge is 2.39. The molecule has 1 saturated carbocycles. The van der Waals surface area contributed by atoms with Crippen LogP contribution in [0.5, 0.6) is 0 Å². The Morgan fingerprint density at radius 1 is 1.03 bits per heavy atom. The van der Waals surface area contributed by atoms with Crippen molar-refractivity contribution in [1.82, 2.24) is 24.8 Å². The van der Waals surface area contributed by atoms with Crippen LogP contribution in [0.3, 0.4) is 0 Å². The number of para-hydroxylation sites is 2. The van der Waals surface area contributed by atoms with E-state index in [2.05, 4.69) is 29.7 Å². The first-order valence-corrected chi connectivity index (χ1v) is 10.3. The summed E-state index contributed by atoms with van der Waals surface area (Å²) in [4.78, 5) is 20.1. The predicted molar refractivity (Wildman–Crippen MR) is 107 cm³/mol. The number of rotatable bonds is 5. The Morgan fingerprint density at radius 2 is 1.77 bits per heavy atom. The molecule has 9 heteroatoms. The van der Waals surface area contributed by atoms with Gasteiger partial charge in [-0.25, -0.2) is 15.0 Å². The molecule has 2 fully saturated rings. The quantitative estimate of drug-likeness (QED) is 0.681. The van der Waals surface area contributed by atoms with E-state index in [-0.39, 0.29) is 12.1 Å². The smallest absolute Gasteiger partial charge is 0.350 e. The molecule has 0 bridgehead atoms. The first-order valence-electron chi connectivity index (χ1n) is 10.3. The standard InChI is InChI=1S/C21H23F3N6/c22-21(23,24)18-11-20(26-13-25-18)30(14-5-6-14)15-7-9-29(10-8-15)12-19-27-16-3-1-2-4-17(16)28-19/h1-4,11,13-15H,5-10,12H2,(H,27,28). The molecule has 5 rings (SSSR count). The van der Waals surface area contributed by atoms with Gasteiger partial charge in [-0.3, -0.25) is 4.90 Å². The normalized spacial score (nSPS) is 18.8. The molecule has 1 aliphatic carbocycles. The van der Waals surface area contributed by atoms with Crippen LogP contribution < -0.4 is 4.90 Å². The second kappa shape index (κ2) is 7.54. The van der Waals surface area contributed by atoms with Gasteiger partial charge in [0.1, 0.15) is 23.7 Å². The molecular weight excluding hydrogens is 393 g/mol. The van der Waals surface area contributed by atoms with Gasteiger partial charge in [0.05, 0.1) is 17.6 Å². The van der Waals surface area contributed by atoms with Gasteiger partial charge < -0.3 is 9.88 Å². The summed E-state index contributed by atoms with van der Waals surface area (Å²) >= 11 is 0. The summed E-state index contributed by atoms with van der Waals surface area (Å²) in [5.74, 6) is 1.34. The number of nitrogens with zero attached hydrogens (tertiary/aromatic N) is 5. The van der Waals surface area contributed by atoms with E-state index < -0.39 is 11.9 Å². The third-order valence-electron chi connectivity index (χ3n) is 5.91. The Bertz CT molecular complexity index is 988. The van der Waals surface area contributed by atoms with Crippen LogP contribution in [-0.4, -0.2) is 50.0 Å². The second-order valence-corrected chi connectivity index (χ2v) is 8.11. The average Bonchev–Trinajstić information content (AvgIpc) is 3.47. The van der Waals surface area contributed by atoms with Crippen molar-refractivity contribution in [2.45, 2.75) is 50.5 Å². The van der Waals surface area contributed by atoms with E-state index in [1.165, 1.54) is 0 Å². The van der Waals surface area contributed by atoms with Crippen molar-refractivity contribution in [2.75, 3.05) is 18.0 Å². The largest absolute Gasteiger partial charge is 0.433 e. The minimum atomic E-state index is -4.46. The molecule has 6 nitrogen and oxygen atoms in total. The van der Waals surface area contributed by atoms with E-state index in [1.54, 1.807) is 0 Å². The Morgan fingerprint density at radius 3 is 2.47 bits per heavy atom. The number of benzene rings is 1. The minimum Gasteiger partial charge on any atom is -0.350 e. The van der Waals surface area contributed by atoms with Gasteiger partial charge in [-0.1, -0.05) is 12.1 Å². The molecule has 3 aromatic rings. The van der Waals surface area contributed by atoms with Crippen molar-refractivity contribution in [3.8, 4) is 0 Å². The molecule has 30 heavy (non-hydrogen) atoms. The molecule has 0 radical (unpaired) electrons. The molecule has 3 heterocycles. The number of fused-ring (bicyclic) bond motifs is 1. The summed E-state index contributed by atoms with van der Waals surface area (Å²) in [6.45, 7) is 2.50. The Kier molecular flexibility index (Phi) is 4.85. The number of aromatic nitrogens is 4. The lowest BCUT2D eigenvalue weighted by Crippen LogP contribution is -2.46. The van der Waals surface area contributed by atoms with Crippen LogP contribution in [0, 0.1) is 0 Å². The third kappa shape index (κ3) is 3.98. The van der Waals surface area contributed by atoms with E-state index >= 15 is 0 Å². The first kappa shape index (κ1) is 19.3.